The first kappa shape index (κ1) is 10.5. The predicted molar refractivity (Wildman–Crippen MR) is 58.5 cm³/mol. The summed E-state index contributed by atoms with van der Waals surface area (Å²) in [5.74, 6) is 1.76. The average molecular weight is 185 g/mol. The molecule has 0 heterocycles. The van der Waals surface area contributed by atoms with E-state index in [1.54, 1.807) is 5.94 Å². The molecule has 1 aromatic rings. The molecule has 0 saturated carbocycles. The van der Waals surface area contributed by atoms with Gasteiger partial charge in [0.25, 0.3) is 0 Å². The van der Waals surface area contributed by atoms with Crippen molar-refractivity contribution in [2.75, 3.05) is 0 Å². The van der Waals surface area contributed by atoms with Gasteiger partial charge < -0.3 is 0 Å². The Bertz CT molecular complexity index is 343. The maximum atomic E-state index is 10.0. The predicted octanol–water partition coefficient (Wildman–Crippen LogP) is 2.96. The van der Waals surface area contributed by atoms with Crippen LogP contribution in [0, 0.1) is 6.42 Å². The number of rotatable bonds is 4. The normalized spacial score (nSPS) is 10.8. The Morgan fingerprint density at radius 3 is 2.71 bits per heavy atom. The van der Waals surface area contributed by atoms with Crippen LogP contribution in [0.25, 0.3) is 0 Å². The van der Waals surface area contributed by atoms with Crippen LogP contribution in [0.4, 0.5) is 0 Å². The van der Waals surface area contributed by atoms with Crippen molar-refractivity contribution in [3.05, 3.63) is 60.0 Å². The van der Waals surface area contributed by atoms with Gasteiger partial charge >= 0.3 is 0 Å². The van der Waals surface area contributed by atoms with Gasteiger partial charge in [-0.3, -0.25) is 0 Å². The number of hydrogen-bond acceptors (Lipinski definition) is 1. The van der Waals surface area contributed by atoms with Crippen LogP contribution in [-0.2, 0) is 4.79 Å². The maximum absolute atomic E-state index is 10.0. The lowest BCUT2D eigenvalue weighted by molar-refractivity contribution is 0.569. The van der Waals surface area contributed by atoms with Crippen LogP contribution in [0.3, 0.4) is 0 Å². The zero-order chi connectivity index (χ0) is 10.2. The molecule has 0 aliphatic heterocycles. The minimum atomic E-state index is 0.841. The highest BCUT2D eigenvalue weighted by Gasteiger charge is 1.89. The molecule has 0 aliphatic carbocycles. The first-order valence-electron chi connectivity index (χ1n) is 4.59. The summed E-state index contributed by atoms with van der Waals surface area (Å²) in [5.41, 5.74) is 2.15. The van der Waals surface area contributed by atoms with Crippen LogP contribution >= 0.6 is 0 Å². The minimum absolute atomic E-state index is 0.841. The fraction of sp³-hybridized carbons (Fsp3) is 0.154. The van der Waals surface area contributed by atoms with E-state index in [2.05, 4.69) is 18.6 Å². The summed E-state index contributed by atoms with van der Waals surface area (Å²) in [6.07, 6.45) is 6.40. The van der Waals surface area contributed by atoms with E-state index < -0.39 is 0 Å². The molecular weight excluding hydrogens is 172 g/mol. The molecule has 0 atom stereocenters. The number of allylic oxidation sites excluding steroid dienone is 3. The molecule has 0 aromatic heterocycles. The van der Waals surface area contributed by atoms with Crippen LogP contribution in [-0.4, -0.2) is 5.94 Å². The molecule has 0 bridgehead atoms. The topological polar surface area (TPSA) is 17.1 Å². The van der Waals surface area contributed by atoms with Gasteiger partial charge in [0.2, 0.25) is 0 Å². The van der Waals surface area contributed by atoms with Gasteiger partial charge in [0, 0.05) is 6.08 Å². The Kier molecular flexibility index (Phi) is 4.46. The van der Waals surface area contributed by atoms with Crippen molar-refractivity contribution < 1.29 is 4.79 Å². The monoisotopic (exact) mass is 185 g/mol. The second-order valence-electron chi connectivity index (χ2n) is 3.06. The van der Waals surface area contributed by atoms with Crippen molar-refractivity contribution >= 4 is 5.94 Å². The summed E-state index contributed by atoms with van der Waals surface area (Å²) in [6, 6.07) is 10.1. The zero-order valence-corrected chi connectivity index (χ0v) is 8.23. The van der Waals surface area contributed by atoms with Crippen molar-refractivity contribution in [2.24, 2.45) is 0 Å². The van der Waals surface area contributed by atoms with Crippen molar-refractivity contribution in [3.63, 3.8) is 0 Å². The van der Waals surface area contributed by atoms with Gasteiger partial charge in [-0.15, -0.1) is 0 Å². The molecule has 0 N–H and O–H groups in total. The standard InChI is InChI=1S/C13H13O/c1-12(10-11-14)6-5-9-13-7-3-2-4-8-13/h2-4,6-10H,5H2,1H3/b12-6+. The highest BCUT2D eigenvalue weighted by molar-refractivity contribution is 5.51. The molecule has 0 aliphatic rings. The van der Waals surface area contributed by atoms with Crippen LogP contribution in [0.2, 0.25) is 0 Å². The Morgan fingerprint density at radius 2 is 2.07 bits per heavy atom. The molecule has 14 heavy (non-hydrogen) atoms. The van der Waals surface area contributed by atoms with E-state index in [4.69, 9.17) is 0 Å². The van der Waals surface area contributed by atoms with E-state index in [0.29, 0.717) is 0 Å². The summed E-state index contributed by atoms with van der Waals surface area (Å²) >= 11 is 0. The molecule has 0 unspecified atom stereocenters. The van der Waals surface area contributed by atoms with Crippen molar-refractivity contribution in [1.82, 2.24) is 0 Å². The average Bonchev–Trinajstić information content (AvgIpc) is 2.20. The Hall–Kier alpha value is -1.59. The smallest absolute Gasteiger partial charge is 0.124 e. The lowest BCUT2D eigenvalue weighted by Crippen LogP contribution is -1.79. The number of carbonyl (C=O) groups excluding carboxylic acids is 1. The van der Waals surface area contributed by atoms with E-state index in [1.165, 1.54) is 11.6 Å². The third-order valence-electron chi connectivity index (χ3n) is 1.88. The number of benzene rings is 1. The molecule has 1 nitrogen and oxygen atoms in total. The first-order valence-corrected chi connectivity index (χ1v) is 4.59. The molecule has 1 aromatic carbocycles. The van der Waals surface area contributed by atoms with E-state index in [1.807, 2.05) is 31.2 Å². The minimum Gasteiger partial charge on any atom is -0.233 e. The second kappa shape index (κ2) is 5.95. The highest BCUT2D eigenvalue weighted by atomic mass is 16.1. The van der Waals surface area contributed by atoms with E-state index >= 15 is 0 Å². The van der Waals surface area contributed by atoms with Gasteiger partial charge in [-0.1, -0.05) is 36.4 Å². The lowest BCUT2D eigenvalue weighted by Gasteiger charge is -1.96. The summed E-state index contributed by atoms with van der Waals surface area (Å²) in [4.78, 5) is 10.0. The SMILES string of the molecule is C/C(C=C=O)=C\C[CH]c1ccccc1. The number of hydrogen-bond donors (Lipinski definition) is 0. The molecule has 71 valence electrons. The van der Waals surface area contributed by atoms with Gasteiger partial charge in [0.05, 0.1) is 0 Å². The van der Waals surface area contributed by atoms with Gasteiger partial charge in [0.15, 0.2) is 0 Å². The van der Waals surface area contributed by atoms with Gasteiger partial charge in [0.1, 0.15) is 5.94 Å². The lowest BCUT2D eigenvalue weighted by atomic mass is 10.1. The van der Waals surface area contributed by atoms with Crippen LogP contribution in [0.15, 0.2) is 48.1 Å². The highest BCUT2D eigenvalue weighted by Crippen LogP contribution is 2.06. The molecule has 0 saturated heterocycles. The van der Waals surface area contributed by atoms with E-state index in [-0.39, 0.29) is 0 Å². The summed E-state index contributed by atoms with van der Waals surface area (Å²) in [6.45, 7) is 1.89. The Labute approximate surface area is 84.8 Å². The third-order valence-corrected chi connectivity index (χ3v) is 1.88. The zero-order valence-electron chi connectivity index (χ0n) is 8.23. The summed E-state index contributed by atoms with van der Waals surface area (Å²) < 4.78 is 0. The summed E-state index contributed by atoms with van der Waals surface area (Å²) in [7, 11) is 0. The van der Waals surface area contributed by atoms with Crippen LogP contribution in [0.5, 0.6) is 0 Å². The third kappa shape index (κ3) is 3.88. The van der Waals surface area contributed by atoms with Crippen molar-refractivity contribution in [3.8, 4) is 0 Å². The fourth-order valence-corrected chi connectivity index (χ4v) is 1.12. The summed E-state index contributed by atoms with van der Waals surface area (Å²) in [5, 5.41) is 0. The van der Waals surface area contributed by atoms with Gasteiger partial charge in [-0.2, -0.15) is 0 Å². The fourth-order valence-electron chi connectivity index (χ4n) is 1.12. The largest absolute Gasteiger partial charge is 0.233 e. The van der Waals surface area contributed by atoms with Crippen LogP contribution < -0.4 is 0 Å². The van der Waals surface area contributed by atoms with Crippen molar-refractivity contribution in [2.45, 2.75) is 13.3 Å². The first-order chi connectivity index (χ1) is 6.83. The molecule has 1 rings (SSSR count). The molecule has 0 fully saturated rings. The Morgan fingerprint density at radius 1 is 1.36 bits per heavy atom. The Balaban J connectivity index is 2.42. The van der Waals surface area contributed by atoms with Gasteiger partial charge in [-0.25, -0.2) is 4.79 Å². The molecule has 0 spiro atoms. The van der Waals surface area contributed by atoms with E-state index in [9.17, 15) is 4.79 Å². The maximum Gasteiger partial charge on any atom is 0.124 e. The molecular formula is C13H13O. The quantitative estimate of drug-likeness (QED) is 0.520. The van der Waals surface area contributed by atoms with Crippen LogP contribution in [0.1, 0.15) is 18.9 Å². The molecule has 1 heteroatoms. The van der Waals surface area contributed by atoms with Gasteiger partial charge in [-0.05, 0) is 30.9 Å². The van der Waals surface area contributed by atoms with E-state index in [0.717, 1.165) is 12.0 Å². The van der Waals surface area contributed by atoms with Crippen molar-refractivity contribution in [1.29, 1.82) is 0 Å². The molecule has 0 amide bonds. The molecule has 1 radical (unpaired) electrons. The second-order valence-corrected chi connectivity index (χ2v) is 3.06.